The van der Waals surface area contributed by atoms with Gasteiger partial charge in [0.1, 0.15) is 0 Å². The third-order valence-corrected chi connectivity index (χ3v) is 3.92. The summed E-state index contributed by atoms with van der Waals surface area (Å²) >= 11 is 10.8. The number of hydrogen-bond donors (Lipinski definition) is 0. The van der Waals surface area contributed by atoms with Crippen molar-refractivity contribution in [2.45, 2.75) is 12.8 Å². The second-order valence-corrected chi connectivity index (χ2v) is 5.66. The molecule has 84 valence electrons. The molecule has 16 heavy (non-hydrogen) atoms. The zero-order valence-corrected chi connectivity index (χ0v) is 11.8. The van der Waals surface area contributed by atoms with Crippen LogP contribution >= 0.6 is 38.9 Å². The summed E-state index contributed by atoms with van der Waals surface area (Å²) in [6, 6.07) is 8.22. The van der Waals surface area contributed by atoms with Gasteiger partial charge in [-0.2, -0.15) is 0 Å². The Labute approximate surface area is 113 Å². The van der Waals surface area contributed by atoms with Crippen molar-refractivity contribution in [3.05, 3.63) is 39.1 Å². The number of halogens is 2. The fourth-order valence-corrected chi connectivity index (χ4v) is 2.64. The number of rotatable bonds is 4. The Morgan fingerprint density at radius 2 is 2.00 bits per heavy atom. The molecular weight excluding hydrogens is 306 g/mol. The Bertz CT molecular complexity index is 452. The molecule has 2 rings (SSSR count). The smallest absolute Gasteiger partial charge is 0.0933 e. The largest absolute Gasteiger partial charge is 0.241 e. The molecular formula is C12H11BrClNS. The highest BCUT2D eigenvalue weighted by atomic mass is 79.9. The van der Waals surface area contributed by atoms with Crippen molar-refractivity contribution in [1.82, 2.24) is 4.98 Å². The molecule has 0 saturated carbocycles. The minimum absolute atomic E-state index is 0.702. The quantitative estimate of drug-likeness (QED) is 0.742. The van der Waals surface area contributed by atoms with Crippen molar-refractivity contribution in [3.8, 4) is 11.3 Å². The fourth-order valence-electron chi connectivity index (χ4n) is 1.40. The lowest BCUT2D eigenvalue weighted by Crippen LogP contribution is -1.85. The minimum Gasteiger partial charge on any atom is -0.241 e. The second-order valence-electron chi connectivity index (χ2n) is 3.43. The van der Waals surface area contributed by atoms with E-state index in [4.69, 9.17) is 11.6 Å². The molecule has 4 heteroatoms. The van der Waals surface area contributed by atoms with Gasteiger partial charge in [0.05, 0.1) is 10.7 Å². The van der Waals surface area contributed by atoms with Crippen LogP contribution in [-0.4, -0.2) is 10.9 Å². The van der Waals surface area contributed by atoms with Crippen molar-refractivity contribution in [2.75, 3.05) is 5.88 Å². The lowest BCUT2D eigenvalue weighted by atomic mass is 10.2. The summed E-state index contributed by atoms with van der Waals surface area (Å²) in [5.41, 5.74) is 2.22. The van der Waals surface area contributed by atoms with Crippen LogP contribution in [-0.2, 0) is 6.42 Å². The molecule has 1 nitrogen and oxygen atoms in total. The second kappa shape index (κ2) is 5.80. The molecule has 1 heterocycles. The Morgan fingerprint density at radius 3 is 2.69 bits per heavy atom. The molecule has 1 aromatic heterocycles. The van der Waals surface area contributed by atoms with E-state index in [1.807, 2.05) is 12.1 Å². The highest BCUT2D eigenvalue weighted by Gasteiger charge is 2.03. The van der Waals surface area contributed by atoms with E-state index in [1.54, 1.807) is 11.3 Å². The van der Waals surface area contributed by atoms with E-state index in [0.29, 0.717) is 5.88 Å². The Kier molecular flexibility index (Phi) is 4.38. The molecule has 0 unspecified atom stereocenters. The van der Waals surface area contributed by atoms with Crippen molar-refractivity contribution >= 4 is 38.9 Å². The summed E-state index contributed by atoms with van der Waals surface area (Å²) in [5, 5.41) is 3.27. The van der Waals surface area contributed by atoms with Gasteiger partial charge in [0.25, 0.3) is 0 Å². The van der Waals surface area contributed by atoms with Crippen LogP contribution in [0.1, 0.15) is 11.4 Å². The first-order chi connectivity index (χ1) is 7.79. The van der Waals surface area contributed by atoms with Crippen LogP contribution < -0.4 is 0 Å². The van der Waals surface area contributed by atoms with Crippen molar-refractivity contribution < 1.29 is 0 Å². The molecule has 0 saturated heterocycles. The van der Waals surface area contributed by atoms with Crippen LogP contribution in [0.5, 0.6) is 0 Å². The Morgan fingerprint density at radius 1 is 1.25 bits per heavy atom. The first-order valence-electron chi connectivity index (χ1n) is 5.06. The third kappa shape index (κ3) is 3.06. The van der Waals surface area contributed by atoms with Crippen LogP contribution in [0.15, 0.2) is 34.1 Å². The first kappa shape index (κ1) is 12.1. The average Bonchev–Trinajstić information content (AvgIpc) is 2.76. The molecule has 2 aromatic rings. The summed E-state index contributed by atoms with van der Waals surface area (Å²) in [4.78, 5) is 4.59. The summed E-state index contributed by atoms with van der Waals surface area (Å²) in [5.74, 6) is 0.702. The molecule has 0 fully saturated rings. The van der Waals surface area contributed by atoms with Gasteiger partial charge in [-0.25, -0.2) is 4.98 Å². The SMILES string of the molecule is ClCCCc1nc(-c2ccc(Br)cc2)cs1. The predicted molar refractivity (Wildman–Crippen MR) is 74.3 cm³/mol. The molecule has 0 aliphatic rings. The standard InChI is InChI=1S/C12H11BrClNS/c13-10-5-3-9(4-6-10)11-8-16-12(15-11)2-1-7-14/h3-6,8H,1-2,7H2. The van der Waals surface area contributed by atoms with Gasteiger partial charge in [-0.05, 0) is 18.6 Å². The van der Waals surface area contributed by atoms with Crippen LogP contribution in [0.4, 0.5) is 0 Å². The fraction of sp³-hybridized carbons (Fsp3) is 0.250. The summed E-state index contributed by atoms with van der Waals surface area (Å²) in [6.07, 6.45) is 1.97. The maximum absolute atomic E-state index is 5.66. The van der Waals surface area contributed by atoms with Gasteiger partial charge in [-0.1, -0.05) is 28.1 Å². The number of aryl methyl sites for hydroxylation is 1. The van der Waals surface area contributed by atoms with Gasteiger partial charge in [-0.3, -0.25) is 0 Å². The van der Waals surface area contributed by atoms with Gasteiger partial charge in [0, 0.05) is 27.7 Å². The molecule has 0 radical (unpaired) electrons. The van der Waals surface area contributed by atoms with Crippen LogP contribution in [0.2, 0.25) is 0 Å². The van der Waals surface area contributed by atoms with Crippen LogP contribution in [0.25, 0.3) is 11.3 Å². The Balaban J connectivity index is 2.15. The minimum atomic E-state index is 0.702. The van der Waals surface area contributed by atoms with Gasteiger partial charge >= 0.3 is 0 Å². The molecule has 0 amide bonds. The summed E-state index contributed by atoms with van der Waals surface area (Å²) < 4.78 is 1.09. The number of alkyl halides is 1. The lowest BCUT2D eigenvalue weighted by Gasteiger charge is -1.96. The van der Waals surface area contributed by atoms with E-state index in [-0.39, 0.29) is 0 Å². The van der Waals surface area contributed by atoms with Crippen molar-refractivity contribution in [1.29, 1.82) is 0 Å². The average molecular weight is 317 g/mol. The third-order valence-electron chi connectivity index (χ3n) is 2.22. The molecule has 0 aliphatic carbocycles. The predicted octanol–water partition coefficient (Wildman–Crippen LogP) is 4.74. The molecule has 1 aromatic carbocycles. The van der Waals surface area contributed by atoms with Gasteiger partial charge in [0.2, 0.25) is 0 Å². The van der Waals surface area contributed by atoms with E-state index in [2.05, 4.69) is 38.4 Å². The zero-order valence-electron chi connectivity index (χ0n) is 8.62. The van der Waals surface area contributed by atoms with E-state index < -0.39 is 0 Å². The maximum Gasteiger partial charge on any atom is 0.0933 e. The van der Waals surface area contributed by atoms with Crippen molar-refractivity contribution in [3.63, 3.8) is 0 Å². The molecule has 0 N–H and O–H groups in total. The Hall–Kier alpha value is -0.380. The highest BCUT2D eigenvalue weighted by molar-refractivity contribution is 9.10. The van der Waals surface area contributed by atoms with E-state index in [0.717, 1.165) is 28.6 Å². The first-order valence-corrected chi connectivity index (χ1v) is 7.26. The van der Waals surface area contributed by atoms with E-state index in [1.165, 1.54) is 5.01 Å². The van der Waals surface area contributed by atoms with Crippen LogP contribution in [0, 0.1) is 0 Å². The van der Waals surface area contributed by atoms with E-state index >= 15 is 0 Å². The topological polar surface area (TPSA) is 12.9 Å². The maximum atomic E-state index is 5.66. The number of aromatic nitrogens is 1. The number of thiazole rings is 1. The van der Waals surface area contributed by atoms with Gasteiger partial charge in [-0.15, -0.1) is 22.9 Å². The van der Waals surface area contributed by atoms with Crippen molar-refractivity contribution in [2.24, 2.45) is 0 Å². The normalized spacial score (nSPS) is 10.6. The molecule has 0 bridgehead atoms. The number of nitrogens with zero attached hydrogens (tertiary/aromatic N) is 1. The zero-order chi connectivity index (χ0) is 11.4. The monoisotopic (exact) mass is 315 g/mol. The molecule has 0 spiro atoms. The van der Waals surface area contributed by atoms with Crippen LogP contribution in [0.3, 0.4) is 0 Å². The number of benzene rings is 1. The number of hydrogen-bond acceptors (Lipinski definition) is 2. The van der Waals surface area contributed by atoms with E-state index in [9.17, 15) is 0 Å². The lowest BCUT2D eigenvalue weighted by molar-refractivity contribution is 0.916. The highest BCUT2D eigenvalue weighted by Crippen LogP contribution is 2.24. The summed E-state index contributed by atoms with van der Waals surface area (Å²) in [7, 11) is 0. The molecule has 0 aliphatic heterocycles. The molecule has 0 atom stereocenters. The van der Waals surface area contributed by atoms with Gasteiger partial charge < -0.3 is 0 Å². The summed E-state index contributed by atoms with van der Waals surface area (Å²) in [6.45, 7) is 0. The van der Waals surface area contributed by atoms with Gasteiger partial charge in [0.15, 0.2) is 0 Å².